The molecule has 5 rings (SSSR count). The molecular weight excluding hydrogens is 457 g/mol. The van der Waals surface area contributed by atoms with Crippen molar-refractivity contribution in [3.8, 4) is 11.4 Å². The summed E-state index contributed by atoms with van der Waals surface area (Å²) in [7, 11) is 1.59. The molecule has 0 unspecified atom stereocenters. The molecule has 2 aliphatic rings. The number of nitrogens with one attached hydrogen (secondary N) is 1. The van der Waals surface area contributed by atoms with Crippen molar-refractivity contribution in [2.45, 2.75) is 31.8 Å². The molecule has 3 aromatic rings. The molecule has 3 heterocycles. The number of hydrogen-bond donors (Lipinski definition) is 1. The van der Waals surface area contributed by atoms with Crippen molar-refractivity contribution in [3.63, 3.8) is 0 Å². The quantitative estimate of drug-likeness (QED) is 0.445. The number of amides is 1. The molecule has 0 spiro atoms. The third-order valence-corrected chi connectivity index (χ3v) is 6.63. The van der Waals surface area contributed by atoms with Gasteiger partial charge in [0, 0.05) is 30.9 Å². The zero-order valence-electron chi connectivity index (χ0n) is 19.4. The maximum absolute atomic E-state index is 13.9. The molecule has 2 aliphatic heterocycles. The predicted molar refractivity (Wildman–Crippen MR) is 125 cm³/mol. The number of carbonyl (C=O) groups is 1. The van der Waals surface area contributed by atoms with Crippen molar-refractivity contribution < 1.29 is 22.7 Å². The van der Waals surface area contributed by atoms with Gasteiger partial charge in [0.1, 0.15) is 5.75 Å². The highest BCUT2D eigenvalue weighted by molar-refractivity contribution is 5.99. The van der Waals surface area contributed by atoms with Gasteiger partial charge < -0.3 is 19.5 Å². The van der Waals surface area contributed by atoms with Crippen LogP contribution in [0, 0.1) is 24.4 Å². The molecule has 2 atom stereocenters. The van der Waals surface area contributed by atoms with E-state index in [2.05, 4.69) is 10.3 Å². The molecule has 35 heavy (non-hydrogen) atoms. The van der Waals surface area contributed by atoms with Crippen molar-refractivity contribution in [1.29, 1.82) is 0 Å². The van der Waals surface area contributed by atoms with Crippen LogP contribution in [-0.4, -0.2) is 46.6 Å². The fourth-order valence-electron chi connectivity index (χ4n) is 4.91. The number of halogens is 3. The molecule has 1 amide bonds. The summed E-state index contributed by atoms with van der Waals surface area (Å²) in [5.74, 6) is -3.59. The van der Waals surface area contributed by atoms with E-state index in [9.17, 15) is 18.0 Å². The number of piperidine rings is 1. The van der Waals surface area contributed by atoms with Gasteiger partial charge in [0.25, 0.3) is 5.91 Å². The maximum atomic E-state index is 13.9. The summed E-state index contributed by atoms with van der Waals surface area (Å²) >= 11 is 0. The van der Waals surface area contributed by atoms with E-state index in [1.54, 1.807) is 18.3 Å². The van der Waals surface area contributed by atoms with Gasteiger partial charge in [-0.3, -0.25) is 4.79 Å². The van der Waals surface area contributed by atoms with Crippen LogP contribution in [0.15, 0.2) is 48.4 Å². The van der Waals surface area contributed by atoms with E-state index in [1.165, 1.54) is 0 Å². The number of imidazole rings is 1. The van der Waals surface area contributed by atoms with Gasteiger partial charge in [0.05, 0.1) is 30.9 Å². The minimum atomic E-state index is -1.51. The van der Waals surface area contributed by atoms with Crippen molar-refractivity contribution >= 4 is 12.0 Å². The molecule has 0 bridgehead atoms. The number of nitrogens with zero attached hydrogens (tertiary/aromatic N) is 3. The first-order valence-corrected chi connectivity index (χ1v) is 11.4. The second kappa shape index (κ2) is 9.22. The number of fused-ring (bicyclic) bond motifs is 1. The lowest BCUT2D eigenvalue weighted by atomic mass is 9.89. The van der Waals surface area contributed by atoms with Gasteiger partial charge in [0.2, 0.25) is 0 Å². The molecule has 1 N–H and O–H groups in total. The molecule has 9 heteroatoms. The van der Waals surface area contributed by atoms with E-state index in [-0.39, 0.29) is 17.5 Å². The summed E-state index contributed by atoms with van der Waals surface area (Å²) in [6.45, 7) is 2.82. The SMILES string of the molecule is COc1cc(C=C2CC[C@@H]3CNC[C@@H](c4cc(F)c(F)c(F)c4)N3C2=O)ccc1-n1cnc(C)c1. The standard InChI is InChI=1S/C26H25F3N4O2/c1-15-13-32(14-31-15)22-6-3-16(8-24(22)35-2)7-17-4-5-19-11-30-12-23(33(19)26(17)34)18-9-20(27)25(29)21(28)10-18/h3,6-10,13-14,19,23,30H,4-5,11-12H2,1-2H3/t19-,23+/m1/s1. The van der Waals surface area contributed by atoms with Crippen LogP contribution in [0.25, 0.3) is 11.8 Å². The Hall–Kier alpha value is -3.59. The molecule has 1 aromatic heterocycles. The van der Waals surface area contributed by atoms with Gasteiger partial charge in [-0.25, -0.2) is 18.2 Å². The van der Waals surface area contributed by atoms with Crippen molar-refractivity contribution in [2.24, 2.45) is 0 Å². The monoisotopic (exact) mass is 482 g/mol. The highest BCUT2D eigenvalue weighted by atomic mass is 19.2. The van der Waals surface area contributed by atoms with E-state index in [0.717, 1.165) is 29.1 Å². The normalized spacial score (nSPS) is 21.3. The Bertz CT molecular complexity index is 1300. The summed E-state index contributed by atoms with van der Waals surface area (Å²) < 4.78 is 48.8. The average molecular weight is 483 g/mol. The number of rotatable bonds is 4. The smallest absolute Gasteiger partial charge is 0.250 e. The van der Waals surface area contributed by atoms with Crippen molar-refractivity contribution in [1.82, 2.24) is 19.8 Å². The number of piperazine rings is 1. The van der Waals surface area contributed by atoms with Gasteiger partial charge in [-0.1, -0.05) is 6.07 Å². The second-order valence-electron chi connectivity index (χ2n) is 8.90. The van der Waals surface area contributed by atoms with Crippen LogP contribution < -0.4 is 10.1 Å². The third-order valence-electron chi connectivity index (χ3n) is 6.63. The fourth-order valence-corrected chi connectivity index (χ4v) is 4.91. The van der Waals surface area contributed by atoms with E-state index in [1.807, 2.05) is 42.0 Å². The fraction of sp³-hybridized carbons (Fsp3) is 0.308. The Kier molecular flexibility index (Phi) is 6.10. The third kappa shape index (κ3) is 4.32. The summed E-state index contributed by atoms with van der Waals surface area (Å²) in [5.41, 5.74) is 3.34. The van der Waals surface area contributed by atoms with Gasteiger partial charge >= 0.3 is 0 Å². The Balaban J connectivity index is 1.46. The van der Waals surface area contributed by atoms with Crippen LogP contribution in [0.5, 0.6) is 5.75 Å². The lowest BCUT2D eigenvalue weighted by Gasteiger charge is -2.46. The van der Waals surface area contributed by atoms with E-state index in [0.29, 0.717) is 37.3 Å². The molecule has 0 saturated carbocycles. The molecule has 2 saturated heterocycles. The van der Waals surface area contributed by atoms with Gasteiger partial charge in [-0.15, -0.1) is 0 Å². The number of aromatic nitrogens is 2. The Morgan fingerprint density at radius 1 is 1.14 bits per heavy atom. The zero-order chi connectivity index (χ0) is 24.7. The Labute approximate surface area is 201 Å². The molecule has 182 valence electrons. The van der Waals surface area contributed by atoms with Crippen LogP contribution >= 0.6 is 0 Å². The zero-order valence-corrected chi connectivity index (χ0v) is 19.4. The van der Waals surface area contributed by atoms with Crippen LogP contribution in [0.2, 0.25) is 0 Å². The molecule has 0 aliphatic carbocycles. The molecule has 6 nitrogen and oxygen atoms in total. The molecule has 0 radical (unpaired) electrons. The summed E-state index contributed by atoms with van der Waals surface area (Å²) in [6, 6.07) is 6.89. The van der Waals surface area contributed by atoms with E-state index < -0.39 is 23.5 Å². The van der Waals surface area contributed by atoms with Crippen LogP contribution in [-0.2, 0) is 4.79 Å². The predicted octanol–water partition coefficient (Wildman–Crippen LogP) is 4.33. The lowest BCUT2D eigenvalue weighted by molar-refractivity contribution is -0.135. The van der Waals surface area contributed by atoms with Gasteiger partial charge in [0.15, 0.2) is 17.5 Å². The topological polar surface area (TPSA) is 59.4 Å². The number of benzene rings is 2. The van der Waals surface area contributed by atoms with Crippen LogP contribution in [0.4, 0.5) is 13.2 Å². The highest BCUT2D eigenvalue weighted by Crippen LogP contribution is 2.36. The summed E-state index contributed by atoms with van der Waals surface area (Å²) in [4.78, 5) is 19.5. The average Bonchev–Trinajstić information content (AvgIpc) is 3.29. The number of carbonyl (C=O) groups excluding carboxylic acids is 1. The number of methoxy groups -OCH3 is 1. The van der Waals surface area contributed by atoms with Crippen LogP contribution in [0.1, 0.15) is 35.7 Å². The van der Waals surface area contributed by atoms with Crippen molar-refractivity contribution in [3.05, 3.63) is 82.7 Å². The lowest BCUT2D eigenvalue weighted by Crippen LogP contribution is -2.57. The minimum Gasteiger partial charge on any atom is -0.495 e. The van der Waals surface area contributed by atoms with Crippen molar-refractivity contribution in [2.75, 3.05) is 20.2 Å². The van der Waals surface area contributed by atoms with Gasteiger partial charge in [-0.05, 0) is 61.2 Å². The first-order valence-electron chi connectivity index (χ1n) is 11.4. The molecule has 2 aromatic carbocycles. The maximum Gasteiger partial charge on any atom is 0.250 e. The molecular formula is C26H25F3N4O2. The van der Waals surface area contributed by atoms with Gasteiger partial charge in [-0.2, -0.15) is 0 Å². The first-order chi connectivity index (χ1) is 16.9. The Morgan fingerprint density at radius 2 is 1.91 bits per heavy atom. The number of ether oxygens (including phenoxy) is 1. The highest BCUT2D eigenvalue weighted by Gasteiger charge is 2.39. The number of hydrogen-bond acceptors (Lipinski definition) is 4. The summed E-state index contributed by atoms with van der Waals surface area (Å²) in [5, 5.41) is 3.23. The molecule has 2 fully saturated rings. The van der Waals surface area contributed by atoms with Crippen LogP contribution in [0.3, 0.4) is 0 Å². The minimum absolute atomic E-state index is 0.115. The second-order valence-corrected chi connectivity index (χ2v) is 8.90. The Morgan fingerprint density at radius 3 is 2.60 bits per heavy atom. The van der Waals surface area contributed by atoms with E-state index in [4.69, 9.17) is 4.74 Å². The number of aryl methyl sites for hydroxylation is 1. The summed E-state index contributed by atoms with van der Waals surface area (Å²) in [6.07, 6.45) is 6.71. The largest absolute Gasteiger partial charge is 0.495 e. The van der Waals surface area contributed by atoms with E-state index >= 15 is 0 Å². The first kappa shape index (κ1) is 23.2.